The number of para-hydroxylation sites is 1. The van der Waals surface area contributed by atoms with E-state index in [1.54, 1.807) is 34.3 Å². The maximum absolute atomic E-state index is 13.7. The van der Waals surface area contributed by atoms with Crippen molar-refractivity contribution in [2.45, 2.75) is 5.37 Å². The Kier molecular flexibility index (Phi) is 5.90. The second-order valence-electron chi connectivity index (χ2n) is 7.75. The lowest BCUT2D eigenvalue weighted by Crippen LogP contribution is -2.42. The number of thiazole rings is 1. The van der Waals surface area contributed by atoms with Gasteiger partial charge in [0.1, 0.15) is 11.5 Å². The van der Waals surface area contributed by atoms with Crippen LogP contribution < -0.4 is 5.32 Å². The van der Waals surface area contributed by atoms with E-state index >= 15 is 0 Å². The van der Waals surface area contributed by atoms with E-state index in [4.69, 9.17) is 0 Å². The van der Waals surface area contributed by atoms with E-state index in [9.17, 15) is 14.0 Å². The number of amides is 2. The second-order valence-corrected chi connectivity index (χ2v) is 9.89. The van der Waals surface area contributed by atoms with Crippen LogP contribution in [0, 0.1) is 5.82 Å². The van der Waals surface area contributed by atoms with Crippen LogP contribution in [-0.4, -0.2) is 50.5 Å². The van der Waals surface area contributed by atoms with Crippen LogP contribution in [-0.2, 0) is 7.05 Å². The number of fused-ring (bicyclic) bond motifs is 1. The molecule has 2 amide bonds. The van der Waals surface area contributed by atoms with Gasteiger partial charge in [0.25, 0.3) is 11.8 Å². The molecule has 0 bridgehead atoms. The van der Waals surface area contributed by atoms with Crippen LogP contribution in [0.25, 0.3) is 21.3 Å². The fourth-order valence-electron chi connectivity index (χ4n) is 4.09. The van der Waals surface area contributed by atoms with Gasteiger partial charge in [0.15, 0.2) is 0 Å². The summed E-state index contributed by atoms with van der Waals surface area (Å²) in [7, 11) is 1.91. The van der Waals surface area contributed by atoms with Gasteiger partial charge in [-0.1, -0.05) is 30.3 Å². The lowest BCUT2D eigenvalue weighted by atomic mass is 10.1. The Bertz CT molecular complexity index is 1350. The molecule has 1 aliphatic heterocycles. The number of aromatic nitrogens is 2. The van der Waals surface area contributed by atoms with E-state index in [2.05, 4.69) is 10.3 Å². The van der Waals surface area contributed by atoms with E-state index in [1.807, 2.05) is 42.1 Å². The summed E-state index contributed by atoms with van der Waals surface area (Å²) in [6.45, 7) is 0.899. The molecule has 6 nitrogen and oxygen atoms in total. The number of nitrogens with zero attached hydrogens (tertiary/aromatic N) is 3. The molecule has 1 unspecified atom stereocenters. The number of aryl methyl sites for hydroxylation is 1. The summed E-state index contributed by atoms with van der Waals surface area (Å²) < 4.78 is 15.6. The highest BCUT2D eigenvalue weighted by atomic mass is 32.2. The number of nitrogens with one attached hydrogen (secondary N) is 1. The van der Waals surface area contributed by atoms with E-state index in [-0.39, 0.29) is 23.0 Å². The number of carbonyl (C=O) groups excluding carboxylic acids is 2. The number of hydrogen-bond donors (Lipinski definition) is 1. The van der Waals surface area contributed by atoms with Gasteiger partial charge in [-0.25, -0.2) is 9.37 Å². The third-order valence-corrected chi connectivity index (χ3v) is 7.79. The van der Waals surface area contributed by atoms with Crippen molar-refractivity contribution in [2.75, 3.05) is 18.8 Å². The molecular weight excluding hydrogens is 459 g/mol. The Morgan fingerprint density at radius 1 is 1.21 bits per heavy atom. The molecule has 1 atom stereocenters. The normalized spacial score (nSPS) is 15.8. The maximum Gasteiger partial charge on any atom is 0.274 e. The Morgan fingerprint density at radius 3 is 2.91 bits per heavy atom. The summed E-state index contributed by atoms with van der Waals surface area (Å²) in [5.41, 5.74) is 4.16. The molecule has 1 saturated heterocycles. The van der Waals surface area contributed by atoms with E-state index < -0.39 is 0 Å². The van der Waals surface area contributed by atoms with Crippen LogP contribution in [0.4, 0.5) is 4.39 Å². The smallest absolute Gasteiger partial charge is 0.274 e. The molecule has 1 fully saturated rings. The Labute approximate surface area is 198 Å². The molecule has 9 heteroatoms. The summed E-state index contributed by atoms with van der Waals surface area (Å²) in [5, 5.41) is 3.70. The fraction of sp³-hybridized carbons (Fsp3) is 0.208. The van der Waals surface area contributed by atoms with Gasteiger partial charge in [0.2, 0.25) is 0 Å². The highest BCUT2D eigenvalue weighted by Crippen LogP contribution is 2.32. The first-order chi connectivity index (χ1) is 16.0. The topological polar surface area (TPSA) is 67.2 Å². The minimum Gasteiger partial charge on any atom is -0.350 e. The van der Waals surface area contributed by atoms with E-state index in [0.29, 0.717) is 34.8 Å². The predicted octanol–water partition coefficient (Wildman–Crippen LogP) is 4.39. The van der Waals surface area contributed by atoms with Crippen LogP contribution in [0.2, 0.25) is 0 Å². The molecule has 2 aromatic heterocycles. The van der Waals surface area contributed by atoms with Gasteiger partial charge >= 0.3 is 0 Å². The number of carbonyl (C=O) groups is 2. The van der Waals surface area contributed by atoms with E-state index in [1.165, 1.54) is 23.5 Å². The third-order valence-electron chi connectivity index (χ3n) is 5.69. The molecule has 4 aromatic rings. The van der Waals surface area contributed by atoms with Gasteiger partial charge < -0.3 is 14.8 Å². The van der Waals surface area contributed by atoms with Crippen molar-refractivity contribution in [3.63, 3.8) is 0 Å². The highest BCUT2D eigenvalue weighted by Gasteiger charge is 2.33. The molecule has 33 heavy (non-hydrogen) atoms. The zero-order valence-electron chi connectivity index (χ0n) is 17.8. The molecule has 1 N–H and O–H groups in total. The Balaban J connectivity index is 1.32. The van der Waals surface area contributed by atoms with Gasteiger partial charge in [-0.2, -0.15) is 0 Å². The third kappa shape index (κ3) is 4.14. The van der Waals surface area contributed by atoms with Crippen LogP contribution >= 0.6 is 23.1 Å². The lowest BCUT2D eigenvalue weighted by Gasteiger charge is -2.23. The summed E-state index contributed by atoms with van der Waals surface area (Å²) >= 11 is 2.94. The van der Waals surface area contributed by atoms with Crippen molar-refractivity contribution >= 4 is 45.8 Å². The zero-order valence-corrected chi connectivity index (χ0v) is 19.5. The van der Waals surface area contributed by atoms with Crippen LogP contribution in [0.1, 0.15) is 20.8 Å². The van der Waals surface area contributed by atoms with Crippen molar-refractivity contribution in [1.29, 1.82) is 0 Å². The van der Waals surface area contributed by atoms with Crippen molar-refractivity contribution in [1.82, 2.24) is 19.8 Å². The Morgan fingerprint density at radius 2 is 2.06 bits per heavy atom. The number of hydrogen-bond acceptors (Lipinski definition) is 5. The molecule has 0 aliphatic carbocycles. The minimum atomic E-state index is -0.356. The molecule has 0 radical (unpaired) electrons. The SMILES string of the molecule is Cn1cc(C(=O)NCC2SCCN2C(=O)c2ncsc2-c2cccc(F)c2)c2ccccc21. The molecule has 0 spiro atoms. The van der Waals surface area contributed by atoms with Gasteiger partial charge in [0, 0.05) is 43.0 Å². The van der Waals surface area contributed by atoms with Crippen molar-refractivity contribution in [3.8, 4) is 10.4 Å². The van der Waals surface area contributed by atoms with Crippen molar-refractivity contribution < 1.29 is 14.0 Å². The quantitative estimate of drug-likeness (QED) is 0.460. The lowest BCUT2D eigenvalue weighted by molar-refractivity contribution is 0.0747. The molecule has 3 heterocycles. The first-order valence-electron chi connectivity index (χ1n) is 10.5. The fourth-order valence-corrected chi connectivity index (χ4v) is 6.02. The average Bonchev–Trinajstić information content (AvgIpc) is 3.56. The largest absolute Gasteiger partial charge is 0.350 e. The summed E-state index contributed by atoms with van der Waals surface area (Å²) in [6, 6.07) is 13.9. The summed E-state index contributed by atoms with van der Waals surface area (Å²) in [4.78, 5) is 32.9. The maximum atomic E-state index is 13.7. The predicted molar refractivity (Wildman–Crippen MR) is 130 cm³/mol. The molecule has 2 aromatic carbocycles. The zero-order chi connectivity index (χ0) is 22.9. The van der Waals surface area contributed by atoms with Crippen LogP contribution in [0.15, 0.2) is 60.2 Å². The summed E-state index contributed by atoms with van der Waals surface area (Å²) in [5.74, 6) is 0.0516. The van der Waals surface area contributed by atoms with Gasteiger partial charge in [0.05, 0.1) is 21.3 Å². The number of thioether (sulfide) groups is 1. The number of halogens is 1. The van der Waals surface area contributed by atoms with Crippen LogP contribution in [0.3, 0.4) is 0 Å². The first-order valence-corrected chi connectivity index (χ1v) is 12.4. The highest BCUT2D eigenvalue weighted by molar-refractivity contribution is 8.00. The van der Waals surface area contributed by atoms with Crippen molar-refractivity contribution in [3.05, 3.63) is 77.3 Å². The molecule has 0 saturated carbocycles. The molecular formula is C24H21FN4O2S2. The summed E-state index contributed by atoms with van der Waals surface area (Å²) in [6.07, 6.45) is 1.82. The van der Waals surface area contributed by atoms with Crippen molar-refractivity contribution in [2.24, 2.45) is 7.05 Å². The van der Waals surface area contributed by atoms with Crippen LogP contribution in [0.5, 0.6) is 0 Å². The standard InChI is InChI=1S/C24H21FN4O2S2/c1-28-13-18(17-7-2-3-8-19(17)28)23(30)26-12-20-29(9-10-32-20)24(31)21-22(33-14-27-21)15-5-4-6-16(25)11-15/h2-8,11,13-14,20H,9-10,12H2,1H3,(H,26,30). The average molecular weight is 481 g/mol. The monoisotopic (exact) mass is 480 g/mol. The first kappa shape index (κ1) is 21.7. The van der Waals surface area contributed by atoms with Gasteiger partial charge in [-0.05, 0) is 23.8 Å². The number of rotatable bonds is 5. The molecule has 5 rings (SSSR count). The minimum absolute atomic E-state index is 0.166. The second kappa shape index (κ2) is 8.99. The molecule has 1 aliphatic rings. The van der Waals surface area contributed by atoms with Gasteiger partial charge in [-0.3, -0.25) is 9.59 Å². The number of benzene rings is 2. The Hall–Kier alpha value is -3.17. The van der Waals surface area contributed by atoms with E-state index in [0.717, 1.165) is 16.7 Å². The molecule has 168 valence electrons. The van der Waals surface area contributed by atoms with Gasteiger partial charge in [-0.15, -0.1) is 23.1 Å².